The fourth-order valence-electron chi connectivity index (χ4n) is 2.33. The fourth-order valence-corrected chi connectivity index (χ4v) is 2.33. The van der Waals surface area contributed by atoms with Crippen LogP contribution in [0.5, 0.6) is 0 Å². The highest BCUT2D eigenvalue weighted by molar-refractivity contribution is 5.90. The number of rotatable bonds is 7. The molecule has 0 aliphatic rings. The number of aryl methyl sites for hydroxylation is 1. The van der Waals surface area contributed by atoms with Gasteiger partial charge in [-0.3, -0.25) is 19.1 Å². The van der Waals surface area contributed by atoms with Crippen LogP contribution < -0.4 is 10.6 Å². The normalized spacial score (nSPS) is 11.6. The number of benzene rings is 1. The molecule has 1 unspecified atom stereocenters. The van der Waals surface area contributed by atoms with E-state index in [4.69, 9.17) is 5.11 Å². The standard InChI is InChI=1S/C17H20N4O4/c1-11-3-5-13(6-4-11)14(18-12(2)22)9-16(23)19-15-7-8-21(20-15)10-17(24)25/h3-8,14H,9-10H2,1-2H3,(H,18,22)(H,24,25)(H,19,20,23). The van der Waals surface area contributed by atoms with Gasteiger partial charge in [0.2, 0.25) is 11.8 Å². The molecule has 8 nitrogen and oxygen atoms in total. The molecule has 2 aromatic rings. The lowest BCUT2D eigenvalue weighted by atomic mass is 10.0. The molecule has 0 saturated carbocycles. The molecule has 1 aromatic heterocycles. The Morgan fingerprint density at radius 3 is 2.48 bits per heavy atom. The molecule has 8 heteroatoms. The Balaban J connectivity index is 2.03. The molecule has 0 aliphatic heterocycles. The van der Waals surface area contributed by atoms with Crippen molar-refractivity contribution in [2.24, 2.45) is 0 Å². The molecule has 132 valence electrons. The zero-order chi connectivity index (χ0) is 18.4. The first-order valence-corrected chi connectivity index (χ1v) is 7.72. The summed E-state index contributed by atoms with van der Waals surface area (Å²) in [6, 6.07) is 8.61. The van der Waals surface area contributed by atoms with Crippen LogP contribution in [-0.4, -0.2) is 32.7 Å². The smallest absolute Gasteiger partial charge is 0.325 e. The first kappa shape index (κ1) is 18.2. The molecule has 0 fully saturated rings. The number of hydrogen-bond acceptors (Lipinski definition) is 4. The summed E-state index contributed by atoms with van der Waals surface area (Å²) in [7, 11) is 0. The van der Waals surface area contributed by atoms with E-state index in [1.54, 1.807) is 0 Å². The van der Waals surface area contributed by atoms with Gasteiger partial charge in [0, 0.05) is 19.2 Å². The lowest BCUT2D eigenvalue weighted by Gasteiger charge is -2.18. The Morgan fingerprint density at radius 2 is 1.88 bits per heavy atom. The minimum atomic E-state index is -1.02. The van der Waals surface area contributed by atoms with E-state index in [2.05, 4.69) is 15.7 Å². The highest BCUT2D eigenvalue weighted by atomic mass is 16.4. The predicted molar refractivity (Wildman–Crippen MR) is 90.8 cm³/mol. The van der Waals surface area contributed by atoms with E-state index >= 15 is 0 Å². The number of anilines is 1. The summed E-state index contributed by atoms with van der Waals surface area (Å²) < 4.78 is 1.21. The van der Waals surface area contributed by atoms with E-state index in [0.717, 1.165) is 11.1 Å². The summed E-state index contributed by atoms with van der Waals surface area (Å²) in [5, 5.41) is 18.0. The second-order valence-electron chi connectivity index (χ2n) is 5.71. The SMILES string of the molecule is CC(=O)NC(CC(=O)Nc1ccn(CC(=O)O)n1)c1ccc(C)cc1. The van der Waals surface area contributed by atoms with Crippen LogP contribution >= 0.6 is 0 Å². The molecule has 1 atom stereocenters. The number of nitrogens with one attached hydrogen (secondary N) is 2. The van der Waals surface area contributed by atoms with E-state index in [1.807, 2.05) is 31.2 Å². The molecule has 2 rings (SSSR count). The topological polar surface area (TPSA) is 113 Å². The summed E-state index contributed by atoms with van der Waals surface area (Å²) in [4.78, 5) is 34.3. The van der Waals surface area contributed by atoms with Crippen LogP contribution in [0.1, 0.15) is 30.5 Å². The summed E-state index contributed by atoms with van der Waals surface area (Å²) in [6.45, 7) is 3.07. The first-order chi connectivity index (χ1) is 11.8. The van der Waals surface area contributed by atoms with E-state index in [-0.39, 0.29) is 30.6 Å². The first-order valence-electron chi connectivity index (χ1n) is 7.72. The molecule has 1 aromatic carbocycles. The summed E-state index contributed by atoms with van der Waals surface area (Å²) >= 11 is 0. The lowest BCUT2D eigenvalue weighted by molar-refractivity contribution is -0.137. The summed E-state index contributed by atoms with van der Waals surface area (Å²) in [5.41, 5.74) is 1.91. The quantitative estimate of drug-likeness (QED) is 0.704. The van der Waals surface area contributed by atoms with Crippen molar-refractivity contribution in [1.82, 2.24) is 15.1 Å². The number of carbonyl (C=O) groups is 3. The molecule has 0 radical (unpaired) electrons. The van der Waals surface area contributed by atoms with Crippen molar-refractivity contribution in [2.45, 2.75) is 32.9 Å². The Morgan fingerprint density at radius 1 is 1.20 bits per heavy atom. The number of carbonyl (C=O) groups excluding carboxylic acids is 2. The molecular formula is C17H20N4O4. The second kappa shape index (κ2) is 8.09. The van der Waals surface area contributed by atoms with Gasteiger partial charge in [-0.05, 0) is 12.5 Å². The minimum Gasteiger partial charge on any atom is -0.480 e. The van der Waals surface area contributed by atoms with Gasteiger partial charge in [0.1, 0.15) is 6.54 Å². The fraction of sp³-hybridized carbons (Fsp3) is 0.294. The van der Waals surface area contributed by atoms with Crippen molar-refractivity contribution < 1.29 is 19.5 Å². The van der Waals surface area contributed by atoms with Crippen molar-refractivity contribution in [2.75, 3.05) is 5.32 Å². The number of carboxylic acid groups (broad SMARTS) is 1. The zero-order valence-corrected chi connectivity index (χ0v) is 14.0. The Hall–Kier alpha value is -3.16. The number of aromatic nitrogens is 2. The van der Waals surface area contributed by atoms with Crippen molar-refractivity contribution in [3.63, 3.8) is 0 Å². The Kier molecular flexibility index (Phi) is 5.89. The van der Waals surface area contributed by atoms with Crippen molar-refractivity contribution in [3.8, 4) is 0 Å². The molecule has 0 aliphatic carbocycles. The van der Waals surface area contributed by atoms with Crippen molar-refractivity contribution >= 4 is 23.6 Å². The third-order valence-electron chi connectivity index (χ3n) is 3.45. The highest BCUT2D eigenvalue weighted by Gasteiger charge is 2.18. The number of hydrogen-bond donors (Lipinski definition) is 3. The molecule has 0 bridgehead atoms. The summed E-state index contributed by atoms with van der Waals surface area (Å²) in [5.74, 6) is -1.33. The van der Waals surface area contributed by atoms with Crippen LogP contribution in [0, 0.1) is 6.92 Å². The van der Waals surface area contributed by atoms with E-state index in [9.17, 15) is 14.4 Å². The molecule has 3 N–H and O–H groups in total. The number of nitrogens with zero attached hydrogens (tertiary/aromatic N) is 2. The zero-order valence-electron chi connectivity index (χ0n) is 14.0. The van der Waals surface area contributed by atoms with E-state index < -0.39 is 12.0 Å². The maximum atomic E-state index is 12.2. The van der Waals surface area contributed by atoms with Gasteiger partial charge in [-0.25, -0.2) is 0 Å². The van der Waals surface area contributed by atoms with Gasteiger partial charge in [-0.2, -0.15) is 5.10 Å². The third-order valence-corrected chi connectivity index (χ3v) is 3.45. The third kappa shape index (κ3) is 5.76. The number of amides is 2. The van der Waals surface area contributed by atoms with Crippen LogP contribution in [0.3, 0.4) is 0 Å². The number of carboxylic acids is 1. The Bertz CT molecular complexity index is 767. The molecule has 0 saturated heterocycles. The molecule has 1 heterocycles. The van der Waals surface area contributed by atoms with Crippen molar-refractivity contribution in [1.29, 1.82) is 0 Å². The average Bonchev–Trinajstić information content (AvgIpc) is 2.93. The molecule has 2 amide bonds. The molecule has 0 spiro atoms. The van der Waals surface area contributed by atoms with Gasteiger partial charge < -0.3 is 15.7 Å². The van der Waals surface area contributed by atoms with Gasteiger partial charge in [-0.15, -0.1) is 0 Å². The lowest BCUT2D eigenvalue weighted by Crippen LogP contribution is -2.29. The average molecular weight is 344 g/mol. The van der Waals surface area contributed by atoms with Gasteiger partial charge >= 0.3 is 5.97 Å². The van der Waals surface area contributed by atoms with Crippen LogP contribution in [-0.2, 0) is 20.9 Å². The molecular weight excluding hydrogens is 324 g/mol. The maximum Gasteiger partial charge on any atom is 0.325 e. The van der Waals surface area contributed by atoms with E-state index in [1.165, 1.54) is 23.9 Å². The van der Waals surface area contributed by atoms with Gasteiger partial charge in [0.25, 0.3) is 0 Å². The number of aliphatic carboxylic acids is 1. The van der Waals surface area contributed by atoms with E-state index in [0.29, 0.717) is 0 Å². The van der Waals surface area contributed by atoms with Gasteiger partial charge in [0.15, 0.2) is 5.82 Å². The minimum absolute atomic E-state index is 0.0361. The van der Waals surface area contributed by atoms with Crippen LogP contribution in [0.15, 0.2) is 36.5 Å². The van der Waals surface area contributed by atoms with Crippen molar-refractivity contribution in [3.05, 3.63) is 47.7 Å². The Labute approximate surface area is 144 Å². The van der Waals surface area contributed by atoms with Crippen LogP contribution in [0.25, 0.3) is 0 Å². The monoisotopic (exact) mass is 344 g/mol. The van der Waals surface area contributed by atoms with Gasteiger partial charge in [0.05, 0.1) is 12.5 Å². The van der Waals surface area contributed by atoms with Gasteiger partial charge in [-0.1, -0.05) is 29.8 Å². The van der Waals surface area contributed by atoms with Crippen LogP contribution in [0.2, 0.25) is 0 Å². The largest absolute Gasteiger partial charge is 0.480 e. The summed E-state index contributed by atoms with van der Waals surface area (Å²) in [6.07, 6.45) is 1.50. The maximum absolute atomic E-state index is 12.2. The predicted octanol–water partition coefficient (Wildman–Crippen LogP) is 1.48. The molecule has 25 heavy (non-hydrogen) atoms. The van der Waals surface area contributed by atoms with Crippen LogP contribution in [0.4, 0.5) is 5.82 Å². The highest BCUT2D eigenvalue weighted by Crippen LogP contribution is 2.18. The second-order valence-corrected chi connectivity index (χ2v) is 5.71.